The Hall–Kier alpha value is -2.95. The molecule has 0 unspecified atom stereocenters. The van der Waals surface area contributed by atoms with Gasteiger partial charge in [-0.05, 0) is 42.9 Å². The van der Waals surface area contributed by atoms with E-state index in [4.69, 9.17) is 0 Å². The Labute approximate surface area is 165 Å². The lowest BCUT2D eigenvalue weighted by molar-refractivity contribution is 0.400. The highest BCUT2D eigenvalue weighted by molar-refractivity contribution is 5.42. The lowest BCUT2D eigenvalue weighted by atomic mass is 9.90. The maximum Gasteiger partial charge on any atom is 0.227 e. The van der Waals surface area contributed by atoms with Gasteiger partial charge in [-0.25, -0.2) is 9.37 Å². The molecule has 1 aliphatic rings. The van der Waals surface area contributed by atoms with Gasteiger partial charge in [0.05, 0.1) is 0 Å². The van der Waals surface area contributed by atoms with E-state index < -0.39 is 0 Å². The molecule has 4 rings (SSSR count). The van der Waals surface area contributed by atoms with E-state index in [0.29, 0.717) is 18.0 Å². The van der Waals surface area contributed by atoms with Gasteiger partial charge in [-0.3, -0.25) is 0 Å². The van der Waals surface area contributed by atoms with Crippen LogP contribution in [-0.2, 0) is 13.0 Å². The third kappa shape index (κ3) is 4.66. The smallest absolute Gasteiger partial charge is 0.227 e. The van der Waals surface area contributed by atoms with Crippen molar-refractivity contribution in [1.82, 2.24) is 9.97 Å². The van der Waals surface area contributed by atoms with E-state index in [0.717, 1.165) is 44.1 Å². The third-order valence-electron chi connectivity index (χ3n) is 5.33. The summed E-state index contributed by atoms with van der Waals surface area (Å²) in [4.78, 5) is 11.3. The number of anilines is 2. The van der Waals surface area contributed by atoms with Crippen LogP contribution in [0.4, 0.5) is 16.2 Å². The maximum absolute atomic E-state index is 13.8. The lowest BCUT2D eigenvalue weighted by Crippen LogP contribution is -2.35. The van der Waals surface area contributed by atoms with Crippen molar-refractivity contribution in [3.63, 3.8) is 0 Å². The van der Waals surface area contributed by atoms with Crippen LogP contribution in [0.15, 0.2) is 66.9 Å². The molecule has 0 saturated carbocycles. The van der Waals surface area contributed by atoms with Crippen LogP contribution in [0, 0.1) is 11.7 Å². The summed E-state index contributed by atoms with van der Waals surface area (Å²) >= 11 is 0. The summed E-state index contributed by atoms with van der Waals surface area (Å²) in [7, 11) is 0. The Balaban J connectivity index is 1.33. The first kappa shape index (κ1) is 18.4. The number of piperidine rings is 1. The highest BCUT2D eigenvalue weighted by Crippen LogP contribution is 2.24. The molecule has 2 aromatic carbocycles. The first-order valence-corrected chi connectivity index (χ1v) is 9.87. The molecule has 1 fully saturated rings. The van der Waals surface area contributed by atoms with Crippen LogP contribution in [0.25, 0.3) is 0 Å². The van der Waals surface area contributed by atoms with E-state index >= 15 is 0 Å². The van der Waals surface area contributed by atoms with Gasteiger partial charge in [-0.15, -0.1) is 0 Å². The summed E-state index contributed by atoms with van der Waals surface area (Å²) in [6, 6.07) is 19.3. The van der Waals surface area contributed by atoms with Crippen LogP contribution in [-0.4, -0.2) is 23.1 Å². The molecule has 4 nitrogen and oxygen atoms in total. The van der Waals surface area contributed by atoms with Crippen LogP contribution in [0.5, 0.6) is 0 Å². The normalized spacial score (nSPS) is 14.8. The van der Waals surface area contributed by atoms with Crippen molar-refractivity contribution in [2.24, 2.45) is 5.92 Å². The zero-order chi connectivity index (χ0) is 19.2. The molecule has 1 N–H and O–H groups in total. The molecule has 1 aromatic heterocycles. The van der Waals surface area contributed by atoms with Crippen molar-refractivity contribution in [2.45, 2.75) is 25.8 Å². The molecule has 3 aromatic rings. The number of benzene rings is 2. The van der Waals surface area contributed by atoms with Gasteiger partial charge < -0.3 is 10.2 Å². The molecular weight excluding hydrogens is 351 g/mol. The molecule has 28 heavy (non-hydrogen) atoms. The van der Waals surface area contributed by atoms with Crippen molar-refractivity contribution in [2.75, 3.05) is 23.3 Å². The van der Waals surface area contributed by atoms with Crippen LogP contribution in [0.1, 0.15) is 24.0 Å². The molecule has 5 heteroatoms. The second-order valence-corrected chi connectivity index (χ2v) is 7.31. The summed E-state index contributed by atoms with van der Waals surface area (Å²) in [5.41, 5.74) is 2.04. The largest absolute Gasteiger partial charge is 0.366 e. The van der Waals surface area contributed by atoms with E-state index in [1.807, 2.05) is 12.1 Å². The quantitative estimate of drug-likeness (QED) is 0.678. The van der Waals surface area contributed by atoms with E-state index in [-0.39, 0.29) is 5.82 Å². The van der Waals surface area contributed by atoms with Crippen molar-refractivity contribution in [3.05, 3.63) is 83.8 Å². The molecule has 144 valence electrons. The van der Waals surface area contributed by atoms with E-state index in [2.05, 4.69) is 50.5 Å². The van der Waals surface area contributed by atoms with Gasteiger partial charge in [0.2, 0.25) is 5.95 Å². The predicted molar refractivity (Wildman–Crippen MR) is 111 cm³/mol. The Kier molecular flexibility index (Phi) is 5.80. The third-order valence-corrected chi connectivity index (χ3v) is 5.33. The molecule has 0 bridgehead atoms. The van der Waals surface area contributed by atoms with Gasteiger partial charge >= 0.3 is 0 Å². The van der Waals surface area contributed by atoms with Crippen LogP contribution < -0.4 is 10.2 Å². The van der Waals surface area contributed by atoms with E-state index in [1.54, 1.807) is 18.3 Å². The SMILES string of the molecule is Fc1ccccc1CNc1ccnc(N2CCC(Cc3ccccc3)CC2)n1. The summed E-state index contributed by atoms with van der Waals surface area (Å²) in [6.07, 6.45) is 5.19. The minimum atomic E-state index is -0.204. The van der Waals surface area contributed by atoms with Crippen molar-refractivity contribution in [3.8, 4) is 0 Å². The first-order chi connectivity index (χ1) is 13.8. The molecule has 2 heterocycles. The number of nitrogens with zero attached hydrogens (tertiary/aromatic N) is 3. The molecule has 1 aliphatic heterocycles. The number of hydrogen-bond donors (Lipinski definition) is 1. The Morgan fingerprint density at radius 3 is 2.50 bits per heavy atom. The molecule has 0 radical (unpaired) electrons. The summed E-state index contributed by atoms with van der Waals surface area (Å²) < 4.78 is 13.8. The maximum atomic E-state index is 13.8. The first-order valence-electron chi connectivity index (χ1n) is 9.87. The fraction of sp³-hybridized carbons (Fsp3) is 0.304. The molecule has 1 saturated heterocycles. The zero-order valence-electron chi connectivity index (χ0n) is 15.9. The molecule has 0 amide bonds. The van der Waals surface area contributed by atoms with Gasteiger partial charge in [0.1, 0.15) is 11.6 Å². The van der Waals surface area contributed by atoms with Gasteiger partial charge in [-0.2, -0.15) is 4.98 Å². The Morgan fingerprint density at radius 2 is 1.71 bits per heavy atom. The van der Waals surface area contributed by atoms with Gasteiger partial charge in [0, 0.05) is 31.4 Å². The summed E-state index contributed by atoms with van der Waals surface area (Å²) in [5.74, 6) is 1.97. The predicted octanol–water partition coefficient (Wildman–Crippen LogP) is 4.69. The second-order valence-electron chi connectivity index (χ2n) is 7.31. The second kappa shape index (κ2) is 8.83. The van der Waals surface area contributed by atoms with Crippen LogP contribution >= 0.6 is 0 Å². The minimum Gasteiger partial charge on any atom is -0.366 e. The minimum absolute atomic E-state index is 0.204. The zero-order valence-corrected chi connectivity index (χ0v) is 15.9. The standard InChI is InChI=1S/C23H25FN4/c24-21-9-5-4-8-20(21)17-26-22-10-13-25-23(27-22)28-14-11-19(12-15-28)16-18-6-2-1-3-7-18/h1-10,13,19H,11-12,14-17H2,(H,25,26,27). The average Bonchev–Trinajstić information content (AvgIpc) is 2.75. The number of hydrogen-bond acceptors (Lipinski definition) is 4. The number of nitrogens with one attached hydrogen (secondary N) is 1. The molecule has 0 aliphatic carbocycles. The van der Waals surface area contributed by atoms with E-state index in [1.165, 1.54) is 11.6 Å². The highest BCUT2D eigenvalue weighted by atomic mass is 19.1. The molecule has 0 atom stereocenters. The van der Waals surface area contributed by atoms with Crippen molar-refractivity contribution >= 4 is 11.8 Å². The molecular formula is C23H25FN4. The van der Waals surface area contributed by atoms with E-state index in [9.17, 15) is 4.39 Å². The molecule has 0 spiro atoms. The van der Waals surface area contributed by atoms with Crippen LogP contribution in [0.2, 0.25) is 0 Å². The number of rotatable bonds is 6. The average molecular weight is 376 g/mol. The van der Waals surface area contributed by atoms with Gasteiger partial charge in [0.15, 0.2) is 0 Å². The lowest BCUT2D eigenvalue weighted by Gasteiger charge is -2.32. The monoisotopic (exact) mass is 376 g/mol. The van der Waals surface area contributed by atoms with Crippen LogP contribution in [0.3, 0.4) is 0 Å². The van der Waals surface area contributed by atoms with Crippen molar-refractivity contribution < 1.29 is 4.39 Å². The van der Waals surface area contributed by atoms with Crippen molar-refractivity contribution in [1.29, 1.82) is 0 Å². The van der Waals surface area contributed by atoms with Gasteiger partial charge in [-0.1, -0.05) is 48.5 Å². The fourth-order valence-corrected chi connectivity index (χ4v) is 3.71. The number of aromatic nitrogens is 2. The summed E-state index contributed by atoms with van der Waals surface area (Å²) in [5, 5.41) is 3.20. The highest BCUT2D eigenvalue weighted by Gasteiger charge is 2.21. The Morgan fingerprint density at radius 1 is 0.964 bits per heavy atom. The Bertz CT molecular complexity index is 892. The summed E-state index contributed by atoms with van der Waals surface area (Å²) in [6.45, 7) is 2.34. The van der Waals surface area contributed by atoms with Gasteiger partial charge in [0.25, 0.3) is 0 Å². The fourth-order valence-electron chi connectivity index (χ4n) is 3.71. The number of halogens is 1. The topological polar surface area (TPSA) is 41.1 Å².